The Morgan fingerprint density at radius 2 is 2.07 bits per heavy atom. The third kappa shape index (κ3) is 3.75. The first kappa shape index (κ1) is 18.8. The number of thioether (sulfide) groups is 1. The van der Waals surface area contributed by atoms with Gasteiger partial charge in [-0.2, -0.15) is 5.10 Å². The highest BCUT2D eigenvalue weighted by molar-refractivity contribution is 8.00. The molecule has 0 spiro atoms. The minimum atomic E-state index is -0.186. The van der Waals surface area contributed by atoms with E-state index in [-0.39, 0.29) is 22.8 Å². The van der Waals surface area contributed by atoms with Crippen LogP contribution in [-0.2, 0) is 9.53 Å². The van der Waals surface area contributed by atoms with E-state index in [4.69, 9.17) is 21.4 Å². The van der Waals surface area contributed by atoms with E-state index >= 15 is 0 Å². The van der Waals surface area contributed by atoms with Crippen molar-refractivity contribution in [2.75, 3.05) is 17.7 Å². The summed E-state index contributed by atoms with van der Waals surface area (Å²) in [7, 11) is 0. The van der Waals surface area contributed by atoms with Gasteiger partial charge < -0.3 is 10.1 Å². The second-order valence-electron chi connectivity index (χ2n) is 7.84. The molecule has 0 radical (unpaired) electrons. The van der Waals surface area contributed by atoms with Crippen LogP contribution in [0.1, 0.15) is 54.8 Å². The summed E-state index contributed by atoms with van der Waals surface area (Å²) >= 11 is 7.70. The molecule has 3 heterocycles. The zero-order valence-electron chi connectivity index (χ0n) is 15.8. The predicted molar refractivity (Wildman–Crippen MR) is 110 cm³/mol. The number of aromatic nitrogens is 2. The molecule has 144 valence electrons. The normalized spacial score (nSPS) is 24.8. The van der Waals surface area contributed by atoms with Crippen molar-refractivity contribution in [3.05, 3.63) is 46.1 Å². The molecule has 2 aliphatic heterocycles. The highest BCUT2D eigenvalue weighted by Crippen LogP contribution is 2.45. The summed E-state index contributed by atoms with van der Waals surface area (Å²) in [6, 6.07) is 8.09. The summed E-state index contributed by atoms with van der Waals surface area (Å²) < 4.78 is 7.90. The molecule has 0 bridgehead atoms. The van der Waals surface area contributed by atoms with Crippen LogP contribution >= 0.6 is 23.4 Å². The van der Waals surface area contributed by atoms with Gasteiger partial charge in [0.25, 0.3) is 0 Å². The fraction of sp³-hybridized carbons (Fsp3) is 0.500. The van der Waals surface area contributed by atoms with E-state index in [0.717, 1.165) is 35.5 Å². The third-order valence-corrected chi connectivity index (χ3v) is 6.74. The van der Waals surface area contributed by atoms with E-state index in [1.807, 2.05) is 35.9 Å². The highest BCUT2D eigenvalue weighted by Gasteiger charge is 2.35. The quantitative estimate of drug-likeness (QED) is 0.783. The molecule has 1 N–H and O–H groups in total. The number of aryl methyl sites for hydroxylation is 1. The lowest BCUT2D eigenvalue weighted by molar-refractivity contribution is -0.113. The van der Waals surface area contributed by atoms with Gasteiger partial charge in [0.05, 0.1) is 28.3 Å². The summed E-state index contributed by atoms with van der Waals surface area (Å²) in [6.45, 7) is 6.95. The van der Waals surface area contributed by atoms with E-state index in [2.05, 4.69) is 19.2 Å². The van der Waals surface area contributed by atoms with Gasteiger partial charge in [0.2, 0.25) is 5.91 Å². The molecule has 7 heteroatoms. The van der Waals surface area contributed by atoms with Gasteiger partial charge >= 0.3 is 0 Å². The standard InChI is InChI=1S/C20H24ClN3O2S/c1-12-17-18(13-4-6-14(21)7-5-13)27-11-16(25)22-19(17)24(23-12)15-8-9-26-20(2,3)10-15/h4-7,15,18H,8-11H2,1-3H3,(H,22,25)/t15-,18-/m1/s1. The first-order chi connectivity index (χ1) is 12.8. The van der Waals surface area contributed by atoms with Crippen molar-refractivity contribution in [2.45, 2.75) is 50.5 Å². The molecule has 4 rings (SSSR count). The fourth-order valence-electron chi connectivity index (χ4n) is 3.98. The van der Waals surface area contributed by atoms with Gasteiger partial charge in [-0.3, -0.25) is 4.79 Å². The lowest BCUT2D eigenvalue weighted by Gasteiger charge is -2.36. The number of benzene rings is 1. The first-order valence-electron chi connectivity index (χ1n) is 9.24. The average molecular weight is 406 g/mol. The molecule has 0 aliphatic carbocycles. The molecule has 1 amide bonds. The van der Waals surface area contributed by atoms with Crippen LogP contribution in [0, 0.1) is 6.92 Å². The van der Waals surface area contributed by atoms with Crippen molar-refractivity contribution in [3.8, 4) is 0 Å². The van der Waals surface area contributed by atoms with Crippen LogP contribution in [0.4, 0.5) is 5.82 Å². The molecule has 27 heavy (non-hydrogen) atoms. The Hall–Kier alpha value is -1.50. The second-order valence-corrected chi connectivity index (χ2v) is 9.37. The lowest BCUT2D eigenvalue weighted by Crippen LogP contribution is -2.36. The smallest absolute Gasteiger partial charge is 0.235 e. The monoisotopic (exact) mass is 405 g/mol. The molecule has 2 atom stereocenters. The third-order valence-electron chi connectivity index (χ3n) is 5.22. The molecule has 5 nitrogen and oxygen atoms in total. The fourth-order valence-corrected chi connectivity index (χ4v) is 5.30. The van der Waals surface area contributed by atoms with Gasteiger partial charge in [0, 0.05) is 17.2 Å². The zero-order valence-corrected chi connectivity index (χ0v) is 17.4. The highest BCUT2D eigenvalue weighted by atomic mass is 35.5. The number of carbonyl (C=O) groups is 1. The molecule has 1 aromatic heterocycles. The van der Waals surface area contributed by atoms with Crippen molar-refractivity contribution in [1.82, 2.24) is 9.78 Å². The van der Waals surface area contributed by atoms with Crippen LogP contribution in [-0.4, -0.2) is 33.6 Å². The minimum Gasteiger partial charge on any atom is -0.375 e. The van der Waals surface area contributed by atoms with Crippen molar-refractivity contribution in [1.29, 1.82) is 0 Å². The van der Waals surface area contributed by atoms with E-state index in [0.29, 0.717) is 17.4 Å². The molecule has 2 aromatic rings. The lowest BCUT2D eigenvalue weighted by atomic mass is 9.94. The predicted octanol–water partition coefficient (Wildman–Crippen LogP) is 4.75. The summed E-state index contributed by atoms with van der Waals surface area (Å²) in [6.07, 6.45) is 1.76. The van der Waals surface area contributed by atoms with Gasteiger partial charge in [-0.15, -0.1) is 11.8 Å². The summed E-state index contributed by atoms with van der Waals surface area (Å²) in [5, 5.41) is 8.74. The summed E-state index contributed by atoms with van der Waals surface area (Å²) in [4.78, 5) is 12.4. The molecular weight excluding hydrogens is 382 g/mol. The van der Waals surface area contributed by atoms with Gasteiger partial charge in [-0.1, -0.05) is 23.7 Å². The van der Waals surface area contributed by atoms with Crippen molar-refractivity contribution < 1.29 is 9.53 Å². The Kier molecular flexibility index (Phi) is 4.99. The van der Waals surface area contributed by atoms with E-state index in [1.54, 1.807) is 11.8 Å². The molecule has 0 saturated carbocycles. The van der Waals surface area contributed by atoms with E-state index in [1.165, 1.54) is 0 Å². The number of hydrogen-bond donors (Lipinski definition) is 1. The Labute approximate surface area is 168 Å². The van der Waals surface area contributed by atoms with Crippen LogP contribution in [0.25, 0.3) is 0 Å². The number of anilines is 1. The van der Waals surface area contributed by atoms with Crippen LogP contribution < -0.4 is 5.32 Å². The second kappa shape index (κ2) is 7.15. The molecule has 1 saturated heterocycles. The Balaban J connectivity index is 1.78. The van der Waals surface area contributed by atoms with Gasteiger partial charge in [-0.25, -0.2) is 4.68 Å². The zero-order chi connectivity index (χ0) is 19.2. The summed E-state index contributed by atoms with van der Waals surface area (Å²) in [5.41, 5.74) is 3.01. The van der Waals surface area contributed by atoms with E-state index in [9.17, 15) is 4.79 Å². The Morgan fingerprint density at radius 3 is 2.78 bits per heavy atom. The van der Waals surface area contributed by atoms with E-state index < -0.39 is 0 Å². The van der Waals surface area contributed by atoms with Crippen LogP contribution in [0.15, 0.2) is 24.3 Å². The molecule has 1 aromatic carbocycles. The maximum atomic E-state index is 12.4. The Bertz CT molecular complexity index is 863. The maximum Gasteiger partial charge on any atom is 0.235 e. The van der Waals surface area contributed by atoms with Gasteiger partial charge in [0.15, 0.2) is 0 Å². The number of nitrogens with zero attached hydrogens (tertiary/aromatic N) is 2. The number of ether oxygens (including phenoxy) is 1. The van der Waals surface area contributed by atoms with Crippen molar-refractivity contribution >= 4 is 35.1 Å². The van der Waals surface area contributed by atoms with Crippen molar-refractivity contribution in [3.63, 3.8) is 0 Å². The Morgan fingerprint density at radius 1 is 1.33 bits per heavy atom. The van der Waals surface area contributed by atoms with Gasteiger partial charge in [-0.05, 0) is 51.3 Å². The van der Waals surface area contributed by atoms with Crippen LogP contribution in [0.3, 0.4) is 0 Å². The number of halogens is 1. The average Bonchev–Trinajstić information content (AvgIpc) is 2.81. The number of rotatable bonds is 2. The first-order valence-corrected chi connectivity index (χ1v) is 10.7. The minimum absolute atomic E-state index is 0.0187. The van der Waals surface area contributed by atoms with Crippen LogP contribution in [0.2, 0.25) is 5.02 Å². The molecule has 0 unspecified atom stereocenters. The molecule has 2 aliphatic rings. The summed E-state index contributed by atoms with van der Waals surface area (Å²) in [5.74, 6) is 1.27. The van der Waals surface area contributed by atoms with Crippen molar-refractivity contribution in [2.24, 2.45) is 0 Å². The maximum absolute atomic E-state index is 12.4. The number of fused-ring (bicyclic) bond motifs is 1. The van der Waals surface area contributed by atoms with Crippen LogP contribution in [0.5, 0.6) is 0 Å². The molecule has 1 fully saturated rings. The van der Waals surface area contributed by atoms with Gasteiger partial charge in [0.1, 0.15) is 5.82 Å². The number of hydrogen-bond acceptors (Lipinski definition) is 4. The number of nitrogens with one attached hydrogen (secondary N) is 1. The SMILES string of the molecule is Cc1nn([C@@H]2CCOC(C)(C)C2)c2c1[C@@H](c1ccc(Cl)cc1)SCC(=O)N2. The molecular formula is C20H24ClN3O2S. The number of amides is 1. The largest absolute Gasteiger partial charge is 0.375 e. The topological polar surface area (TPSA) is 56.2 Å². The number of carbonyl (C=O) groups excluding carboxylic acids is 1.